The van der Waals surface area contributed by atoms with Crippen molar-refractivity contribution in [2.75, 3.05) is 23.7 Å². The zero-order valence-corrected chi connectivity index (χ0v) is 19.9. The van der Waals surface area contributed by atoms with Gasteiger partial charge in [-0.05, 0) is 29.2 Å². The van der Waals surface area contributed by atoms with E-state index in [0.717, 1.165) is 10.4 Å². The number of carbonyl (C=O) groups excluding carboxylic acids is 1. The van der Waals surface area contributed by atoms with Crippen molar-refractivity contribution in [3.8, 4) is 6.07 Å². The maximum absolute atomic E-state index is 13.9. The molecule has 0 saturated carbocycles. The molecule has 1 aromatic heterocycles. The highest BCUT2D eigenvalue weighted by atomic mass is 19.4. The van der Waals surface area contributed by atoms with Gasteiger partial charge in [0.25, 0.3) is 5.91 Å². The minimum absolute atomic E-state index is 0.0548. The minimum atomic E-state index is -4.51. The van der Waals surface area contributed by atoms with Crippen molar-refractivity contribution in [1.82, 2.24) is 15.1 Å². The van der Waals surface area contributed by atoms with E-state index in [1.165, 1.54) is 6.20 Å². The molecule has 2 atom stereocenters. The predicted molar refractivity (Wildman–Crippen MR) is 131 cm³/mol. The molecule has 2 heterocycles. The SMILES string of the molecule is CC(C)(CNC(=O)c1cnn2c1N[C@@H](c1ccccc1)C[C@H]2C(F)(F)F)CNc1cccc(C#N)c1. The summed E-state index contributed by atoms with van der Waals surface area (Å²) in [7, 11) is 0. The van der Waals surface area contributed by atoms with Crippen molar-refractivity contribution in [2.24, 2.45) is 5.41 Å². The van der Waals surface area contributed by atoms with Crippen LogP contribution >= 0.6 is 0 Å². The first-order chi connectivity index (χ1) is 17.1. The van der Waals surface area contributed by atoms with Crippen LogP contribution in [0.1, 0.15) is 53.8 Å². The molecule has 7 nitrogen and oxygen atoms in total. The van der Waals surface area contributed by atoms with E-state index in [4.69, 9.17) is 5.26 Å². The molecule has 1 aliphatic heterocycles. The van der Waals surface area contributed by atoms with E-state index in [0.29, 0.717) is 17.7 Å². The summed E-state index contributed by atoms with van der Waals surface area (Å²) < 4.78 is 42.5. The van der Waals surface area contributed by atoms with Crippen LogP contribution in [0.3, 0.4) is 0 Å². The quantitative estimate of drug-likeness (QED) is 0.414. The zero-order chi connectivity index (χ0) is 25.9. The number of anilines is 2. The third-order valence-electron chi connectivity index (χ3n) is 6.18. The number of fused-ring (bicyclic) bond motifs is 1. The fraction of sp³-hybridized carbons (Fsp3) is 0.346. The van der Waals surface area contributed by atoms with Crippen molar-refractivity contribution in [1.29, 1.82) is 5.26 Å². The van der Waals surface area contributed by atoms with Gasteiger partial charge in [-0.2, -0.15) is 23.5 Å². The van der Waals surface area contributed by atoms with Crippen molar-refractivity contribution in [2.45, 2.75) is 38.5 Å². The molecule has 0 fully saturated rings. The van der Waals surface area contributed by atoms with E-state index in [-0.39, 0.29) is 29.8 Å². The highest BCUT2D eigenvalue weighted by Crippen LogP contribution is 2.44. The van der Waals surface area contributed by atoms with Gasteiger partial charge >= 0.3 is 6.18 Å². The van der Waals surface area contributed by atoms with E-state index in [1.807, 2.05) is 19.9 Å². The number of alkyl halides is 3. The first-order valence-corrected chi connectivity index (χ1v) is 11.6. The Bertz CT molecular complexity index is 1260. The van der Waals surface area contributed by atoms with Gasteiger partial charge in [-0.15, -0.1) is 0 Å². The van der Waals surface area contributed by atoms with Gasteiger partial charge in [0.1, 0.15) is 11.4 Å². The summed E-state index contributed by atoms with van der Waals surface area (Å²) >= 11 is 0. The number of nitriles is 1. The monoisotopic (exact) mass is 496 g/mol. The molecule has 0 bridgehead atoms. The third-order valence-corrected chi connectivity index (χ3v) is 6.18. The second-order valence-corrected chi connectivity index (χ2v) is 9.65. The second-order valence-electron chi connectivity index (χ2n) is 9.65. The standard InChI is InChI=1S/C26H27F3N6O/c1-25(2,15-31-19-10-6-7-17(11-19)13-30)16-32-24(36)20-14-33-35-22(26(27,28)29)12-21(34-23(20)35)18-8-4-3-5-9-18/h3-11,14,21-22,31,34H,12,15-16H2,1-2H3,(H,32,36)/t21-,22+/m1/s1. The Morgan fingerprint density at radius 2 is 1.92 bits per heavy atom. The molecule has 1 aliphatic rings. The van der Waals surface area contributed by atoms with E-state index >= 15 is 0 Å². The molecular weight excluding hydrogens is 469 g/mol. The highest BCUT2D eigenvalue weighted by Gasteiger charge is 2.47. The fourth-order valence-corrected chi connectivity index (χ4v) is 4.15. The van der Waals surface area contributed by atoms with E-state index in [2.05, 4.69) is 27.1 Å². The van der Waals surface area contributed by atoms with Gasteiger partial charge in [0.05, 0.1) is 23.9 Å². The first-order valence-electron chi connectivity index (χ1n) is 11.6. The Morgan fingerprint density at radius 3 is 2.61 bits per heavy atom. The Hall–Kier alpha value is -4.00. The van der Waals surface area contributed by atoms with Gasteiger partial charge in [-0.3, -0.25) is 4.79 Å². The average molecular weight is 497 g/mol. The Labute approximate surface area is 207 Å². The Balaban J connectivity index is 1.47. The lowest BCUT2D eigenvalue weighted by Gasteiger charge is -2.34. The number of benzene rings is 2. The molecule has 3 N–H and O–H groups in total. The summed E-state index contributed by atoms with van der Waals surface area (Å²) in [5.41, 5.74) is 1.71. The number of aromatic nitrogens is 2. The fourth-order valence-electron chi connectivity index (χ4n) is 4.15. The Morgan fingerprint density at radius 1 is 1.17 bits per heavy atom. The normalized spacial score (nSPS) is 17.4. The number of nitrogens with one attached hydrogen (secondary N) is 3. The van der Waals surface area contributed by atoms with E-state index < -0.39 is 24.2 Å². The second kappa shape index (κ2) is 9.93. The molecule has 0 radical (unpaired) electrons. The van der Waals surface area contributed by atoms with Crippen LogP contribution in [-0.4, -0.2) is 35.0 Å². The number of nitrogens with zero attached hydrogens (tertiary/aromatic N) is 3. The molecule has 10 heteroatoms. The van der Waals surface area contributed by atoms with Crippen LogP contribution in [0.5, 0.6) is 0 Å². The molecule has 0 aliphatic carbocycles. The van der Waals surface area contributed by atoms with Crippen molar-refractivity contribution >= 4 is 17.4 Å². The number of amides is 1. The van der Waals surface area contributed by atoms with Gasteiger partial charge in [0.15, 0.2) is 6.04 Å². The first kappa shape index (κ1) is 25.1. The van der Waals surface area contributed by atoms with Crippen LogP contribution in [-0.2, 0) is 0 Å². The summed E-state index contributed by atoms with van der Waals surface area (Å²) in [5.74, 6) is -0.447. The maximum atomic E-state index is 13.9. The largest absolute Gasteiger partial charge is 0.410 e. The van der Waals surface area contributed by atoms with Crippen LogP contribution in [0.15, 0.2) is 60.8 Å². The summed E-state index contributed by atoms with van der Waals surface area (Å²) in [6.45, 7) is 4.67. The van der Waals surface area contributed by atoms with Gasteiger partial charge in [-0.1, -0.05) is 50.2 Å². The lowest BCUT2D eigenvalue weighted by Crippen LogP contribution is -2.39. The molecule has 3 aromatic rings. The van der Waals surface area contributed by atoms with Gasteiger partial charge in [0, 0.05) is 25.2 Å². The Kier molecular flexibility index (Phi) is 6.93. The summed E-state index contributed by atoms with van der Waals surface area (Å²) in [6, 6.07) is 15.6. The summed E-state index contributed by atoms with van der Waals surface area (Å²) in [6.07, 6.45) is -3.56. The van der Waals surface area contributed by atoms with Crippen molar-refractivity contribution in [3.05, 3.63) is 77.5 Å². The third kappa shape index (κ3) is 5.62. The van der Waals surface area contributed by atoms with Gasteiger partial charge in [0.2, 0.25) is 0 Å². The van der Waals surface area contributed by atoms with Crippen LogP contribution in [0.2, 0.25) is 0 Å². The number of hydrogen-bond acceptors (Lipinski definition) is 5. The molecular formula is C26H27F3N6O. The number of carbonyl (C=O) groups is 1. The minimum Gasteiger partial charge on any atom is -0.384 e. The van der Waals surface area contributed by atoms with Gasteiger partial charge in [-0.25, -0.2) is 4.68 Å². The average Bonchev–Trinajstić information content (AvgIpc) is 3.30. The predicted octanol–water partition coefficient (Wildman–Crippen LogP) is 5.28. The van der Waals surface area contributed by atoms with Crippen LogP contribution in [0.4, 0.5) is 24.7 Å². The number of rotatable bonds is 7. The summed E-state index contributed by atoms with van der Waals surface area (Å²) in [5, 5.41) is 22.2. The van der Waals surface area contributed by atoms with Crippen molar-refractivity contribution in [3.63, 3.8) is 0 Å². The smallest absolute Gasteiger partial charge is 0.384 e. The van der Waals surface area contributed by atoms with Crippen LogP contribution in [0.25, 0.3) is 0 Å². The lowest BCUT2D eigenvalue weighted by molar-refractivity contribution is -0.173. The van der Waals surface area contributed by atoms with Gasteiger partial charge < -0.3 is 16.0 Å². The van der Waals surface area contributed by atoms with Crippen molar-refractivity contribution < 1.29 is 18.0 Å². The maximum Gasteiger partial charge on any atom is 0.410 e. The number of halogens is 3. The molecule has 0 unspecified atom stereocenters. The van der Waals surface area contributed by atoms with E-state index in [9.17, 15) is 18.0 Å². The number of hydrogen-bond donors (Lipinski definition) is 3. The zero-order valence-electron chi connectivity index (χ0n) is 19.9. The molecule has 188 valence electrons. The molecule has 1 amide bonds. The molecule has 36 heavy (non-hydrogen) atoms. The lowest BCUT2D eigenvalue weighted by atomic mass is 9.93. The topological polar surface area (TPSA) is 94.8 Å². The molecule has 0 saturated heterocycles. The van der Waals surface area contributed by atoms with Crippen LogP contribution in [0, 0.1) is 16.7 Å². The van der Waals surface area contributed by atoms with E-state index in [1.54, 1.807) is 48.5 Å². The molecule has 4 rings (SSSR count). The molecule has 0 spiro atoms. The highest BCUT2D eigenvalue weighted by molar-refractivity contribution is 5.99. The molecule has 2 aromatic carbocycles. The van der Waals surface area contributed by atoms with Crippen LogP contribution < -0.4 is 16.0 Å². The summed E-state index contributed by atoms with van der Waals surface area (Å²) in [4.78, 5) is 13.0.